The lowest BCUT2D eigenvalue weighted by molar-refractivity contribution is -0.167. The van der Waals surface area contributed by atoms with E-state index >= 15 is 0 Å². The number of carbonyl (C=O) groups is 3. The first-order valence-corrected chi connectivity index (χ1v) is 31.2. The predicted molar refractivity (Wildman–Crippen MR) is 329 cm³/mol. The summed E-state index contributed by atoms with van der Waals surface area (Å²) in [6.45, 7) is 6.43. The van der Waals surface area contributed by atoms with E-state index in [1.807, 2.05) is 0 Å². The van der Waals surface area contributed by atoms with Gasteiger partial charge < -0.3 is 14.2 Å². The van der Waals surface area contributed by atoms with E-state index < -0.39 is 6.10 Å². The van der Waals surface area contributed by atoms with Gasteiger partial charge in [-0.15, -0.1) is 0 Å². The molecule has 0 aliphatic carbocycles. The van der Waals surface area contributed by atoms with E-state index in [0.717, 1.165) is 128 Å². The minimum atomic E-state index is -0.813. The molecule has 0 saturated carbocycles. The molecule has 6 nitrogen and oxygen atoms in total. The fourth-order valence-electron chi connectivity index (χ4n) is 8.19. The molecule has 0 aromatic rings. The van der Waals surface area contributed by atoms with Gasteiger partial charge in [-0.25, -0.2) is 0 Å². The maximum absolute atomic E-state index is 12.9. The third kappa shape index (κ3) is 60.4. The molecule has 0 aliphatic heterocycles. The fourth-order valence-corrected chi connectivity index (χ4v) is 8.19. The number of allylic oxidation sites excluding steroid dienone is 22. The van der Waals surface area contributed by atoms with Crippen molar-refractivity contribution < 1.29 is 28.6 Å². The summed E-state index contributed by atoms with van der Waals surface area (Å²) < 4.78 is 16.9. The van der Waals surface area contributed by atoms with Crippen LogP contribution in [0.2, 0.25) is 0 Å². The molecule has 0 saturated heterocycles. The topological polar surface area (TPSA) is 78.9 Å². The lowest BCUT2D eigenvalue weighted by atomic mass is 10.1. The van der Waals surface area contributed by atoms with Crippen molar-refractivity contribution in [1.82, 2.24) is 0 Å². The normalized spacial score (nSPS) is 13.0. The van der Waals surface area contributed by atoms with E-state index in [1.165, 1.54) is 96.3 Å². The molecule has 0 bridgehead atoms. The standard InChI is InChI=1S/C70H114O6/c1-4-7-10-13-16-19-22-25-28-31-34-35-37-39-42-45-48-51-54-57-60-63-69(72)75-66-67(65-74-68(71)62-59-56-53-50-47-44-41-38-33-30-27-24-21-18-15-12-9-6-3)76-70(73)64-61-58-55-52-49-46-43-40-36-32-29-26-23-20-17-14-11-8-5-2/h7,10,16-17,19-21,24-26,28-30,33-36,39-40,42,48,51,67H,4-6,8-9,11-15,18,22-23,27,31-32,37-38,41,43-47,49-50,52-66H2,1-3H3/b10-7-,19-16-,20-17-,24-21-,28-25-,29-26-,33-30-,35-34-,40-36-,42-39-,51-48-. The highest BCUT2D eigenvalue weighted by atomic mass is 16.6. The van der Waals surface area contributed by atoms with Gasteiger partial charge >= 0.3 is 17.9 Å². The number of hydrogen-bond acceptors (Lipinski definition) is 6. The molecule has 1 atom stereocenters. The molecule has 0 aromatic heterocycles. The Morgan fingerprint density at radius 3 is 0.855 bits per heavy atom. The molecule has 0 heterocycles. The molecule has 0 rings (SSSR count). The summed E-state index contributed by atoms with van der Waals surface area (Å²) in [6.07, 6.45) is 88.7. The van der Waals surface area contributed by atoms with Gasteiger partial charge in [0.2, 0.25) is 0 Å². The van der Waals surface area contributed by atoms with Crippen LogP contribution in [0, 0.1) is 0 Å². The number of ether oxygens (including phenoxy) is 3. The average molecular weight is 1050 g/mol. The number of unbranched alkanes of at least 4 members (excludes halogenated alkanes) is 22. The molecule has 0 radical (unpaired) electrons. The minimum Gasteiger partial charge on any atom is -0.462 e. The zero-order chi connectivity index (χ0) is 55.0. The van der Waals surface area contributed by atoms with Gasteiger partial charge in [-0.3, -0.25) is 14.4 Å². The van der Waals surface area contributed by atoms with Gasteiger partial charge in [0, 0.05) is 19.3 Å². The van der Waals surface area contributed by atoms with E-state index in [4.69, 9.17) is 14.2 Å². The highest BCUT2D eigenvalue weighted by Crippen LogP contribution is 2.14. The SMILES string of the molecule is CC/C=C\C/C=C\C/C=C\C/C=C\C/C=C\C/C=C\CCCCC(=O)OCC(COC(=O)CCCCCCCCC/C=C\C/C=C\CCCCCC)OC(=O)CCCCCCCC/C=C\C/C=C\C/C=C\CCCCC. The van der Waals surface area contributed by atoms with Crippen LogP contribution in [0.5, 0.6) is 0 Å². The molecule has 0 aliphatic rings. The second-order valence-electron chi connectivity index (χ2n) is 20.2. The monoisotopic (exact) mass is 1050 g/mol. The van der Waals surface area contributed by atoms with Crippen LogP contribution in [0.15, 0.2) is 134 Å². The third-order valence-electron chi connectivity index (χ3n) is 12.9. The summed E-state index contributed by atoms with van der Waals surface area (Å²) in [5.41, 5.74) is 0. The second kappa shape index (κ2) is 63.1. The Morgan fingerprint density at radius 2 is 0.513 bits per heavy atom. The number of carbonyl (C=O) groups excluding carboxylic acids is 3. The molecule has 76 heavy (non-hydrogen) atoms. The fraction of sp³-hybridized carbons (Fsp3) is 0.643. The summed E-state index contributed by atoms with van der Waals surface area (Å²) in [4.78, 5) is 38.3. The van der Waals surface area contributed by atoms with Crippen molar-refractivity contribution in [3.63, 3.8) is 0 Å². The van der Waals surface area contributed by atoms with Crippen molar-refractivity contribution >= 4 is 17.9 Å². The summed E-state index contributed by atoms with van der Waals surface area (Å²) in [6, 6.07) is 0. The smallest absolute Gasteiger partial charge is 0.306 e. The average Bonchev–Trinajstić information content (AvgIpc) is 3.42. The zero-order valence-electron chi connectivity index (χ0n) is 49.2. The Balaban J connectivity index is 4.53. The van der Waals surface area contributed by atoms with Crippen LogP contribution in [0.4, 0.5) is 0 Å². The largest absolute Gasteiger partial charge is 0.462 e. The molecule has 0 spiro atoms. The third-order valence-corrected chi connectivity index (χ3v) is 12.9. The summed E-state index contributed by atoms with van der Waals surface area (Å²) in [5, 5.41) is 0. The van der Waals surface area contributed by atoms with Crippen LogP contribution in [0.1, 0.15) is 271 Å². The maximum atomic E-state index is 12.9. The van der Waals surface area contributed by atoms with Crippen molar-refractivity contribution in [3.05, 3.63) is 134 Å². The highest BCUT2D eigenvalue weighted by molar-refractivity contribution is 5.71. The molecular weight excluding hydrogens is 937 g/mol. The van der Waals surface area contributed by atoms with Crippen LogP contribution < -0.4 is 0 Å². The molecule has 1 unspecified atom stereocenters. The van der Waals surface area contributed by atoms with Gasteiger partial charge in [-0.2, -0.15) is 0 Å². The van der Waals surface area contributed by atoms with Gasteiger partial charge in [0.15, 0.2) is 6.10 Å². The van der Waals surface area contributed by atoms with Gasteiger partial charge in [0.05, 0.1) is 0 Å². The van der Waals surface area contributed by atoms with Crippen LogP contribution in [-0.4, -0.2) is 37.2 Å². The quantitative estimate of drug-likeness (QED) is 0.0261. The Morgan fingerprint density at radius 1 is 0.276 bits per heavy atom. The summed E-state index contributed by atoms with van der Waals surface area (Å²) in [5.74, 6) is -0.970. The van der Waals surface area contributed by atoms with E-state index in [-0.39, 0.29) is 31.1 Å². The van der Waals surface area contributed by atoms with Gasteiger partial charge in [0.25, 0.3) is 0 Å². The first-order chi connectivity index (χ1) is 37.5. The van der Waals surface area contributed by atoms with Crippen LogP contribution in [-0.2, 0) is 28.6 Å². The van der Waals surface area contributed by atoms with Crippen molar-refractivity contribution in [3.8, 4) is 0 Å². The molecule has 0 N–H and O–H groups in total. The molecule has 430 valence electrons. The number of rotatable bonds is 55. The Bertz CT molecular complexity index is 1630. The summed E-state index contributed by atoms with van der Waals surface area (Å²) >= 11 is 0. The Hall–Kier alpha value is -4.45. The second-order valence-corrected chi connectivity index (χ2v) is 20.2. The van der Waals surface area contributed by atoms with Crippen LogP contribution in [0.3, 0.4) is 0 Å². The van der Waals surface area contributed by atoms with Crippen molar-refractivity contribution in [2.24, 2.45) is 0 Å². The lowest BCUT2D eigenvalue weighted by Crippen LogP contribution is -2.30. The Labute approximate surface area is 468 Å². The highest BCUT2D eigenvalue weighted by Gasteiger charge is 2.19. The first-order valence-electron chi connectivity index (χ1n) is 31.2. The van der Waals surface area contributed by atoms with E-state index in [0.29, 0.717) is 25.7 Å². The van der Waals surface area contributed by atoms with E-state index in [1.54, 1.807) is 0 Å². The van der Waals surface area contributed by atoms with Crippen molar-refractivity contribution in [2.45, 2.75) is 277 Å². The molecule has 0 fully saturated rings. The molecule has 6 heteroatoms. The maximum Gasteiger partial charge on any atom is 0.306 e. The minimum absolute atomic E-state index is 0.106. The molecular formula is C70H114O6. The molecule has 0 amide bonds. The van der Waals surface area contributed by atoms with E-state index in [9.17, 15) is 14.4 Å². The van der Waals surface area contributed by atoms with Gasteiger partial charge in [0.1, 0.15) is 13.2 Å². The Kier molecular flexibility index (Phi) is 59.4. The predicted octanol–water partition coefficient (Wildman–Crippen LogP) is 21.4. The zero-order valence-corrected chi connectivity index (χ0v) is 49.2. The van der Waals surface area contributed by atoms with E-state index in [2.05, 4.69) is 154 Å². The number of esters is 3. The molecule has 0 aromatic carbocycles. The first kappa shape index (κ1) is 71.5. The lowest BCUT2D eigenvalue weighted by Gasteiger charge is -2.18. The van der Waals surface area contributed by atoms with Crippen molar-refractivity contribution in [2.75, 3.05) is 13.2 Å². The van der Waals surface area contributed by atoms with Gasteiger partial charge in [-0.1, -0.05) is 244 Å². The van der Waals surface area contributed by atoms with Gasteiger partial charge in [-0.05, 0) is 141 Å². The van der Waals surface area contributed by atoms with Crippen LogP contribution >= 0.6 is 0 Å². The summed E-state index contributed by atoms with van der Waals surface area (Å²) in [7, 11) is 0. The van der Waals surface area contributed by atoms with Crippen LogP contribution in [0.25, 0.3) is 0 Å². The number of hydrogen-bond donors (Lipinski definition) is 0. The van der Waals surface area contributed by atoms with Crippen molar-refractivity contribution in [1.29, 1.82) is 0 Å².